The summed E-state index contributed by atoms with van der Waals surface area (Å²) in [6, 6.07) is -0.229. The maximum absolute atomic E-state index is 12.6. The SMILES string of the molecule is Cc1nnc(SCC(=O)N(CC(C)C)C2CCS(=O)(=O)C2)n1N. The lowest BCUT2D eigenvalue weighted by atomic mass is 10.1. The van der Waals surface area contributed by atoms with Gasteiger partial charge in [-0.25, -0.2) is 13.1 Å². The quantitative estimate of drug-likeness (QED) is 0.563. The van der Waals surface area contributed by atoms with Gasteiger partial charge in [-0.1, -0.05) is 25.6 Å². The number of sulfone groups is 1. The predicted molar refractivity (Wildman–Crippen MR) is 89.2 cm³/mol. The largest absolute Gasteiger partial charge is 0.338 e. The number of aryl methyl sites for hydroxylation is 1. The van der Waals surface area contributed by atoms with Crippen LogP contribution in [0.25, 0.3) is 0 Å². The van der Waals surface area contributed by atoms with Crippen LogP contribution in [0.3, 0.4) is 0 Å². The fraction of sp³-hybridized carbons (Fsp3) is 0.769. The number of thioether (sulfide) groups is 1. The van der Waals surface area contributed by atoms with Crippen molar-refractivity contribution >= 4 is 27.5 Å². The van der Waals surface area contributed by atoms with E-state index in [0.29, 0.717) is 23.9 Å². The van der Waals surface area contributed by atoms with E-state index in [1.54, 1.807) is 11.8 Å². The minimum absolute atomic E-state index is 0.0578. The highest BCUT2D eigenvalue weighted by atomic mass is 32.2. The van der Waals surface area contributed by atoms with Crippen LogP contribution in [0.5, 0.6) is 0 Å². The van der Waals surface area contributed by atoms with Crippen LogP contribution in [-0.2, 0) is 14.6 Å². The summed E-state index contributed by atoms with van der Waals surface area (Å²) in [7, 11) is -3.03. The van der Waals surface area contributed by atoms with Crippen LogP contribution in [0, 0.1) is 12.8 Å². The molecule has 1 atom stereocenters. The molecular weight excluding hydrogens is 338 g/mol. The molecule has 0 spiro atoms. The molecule has 0 radical (unpaired) electrons. The second kappa shape index (κ2) is 7.08. The number of nitrogen functional groups attached to an aromatic ring is 1. The van der Waals surface area contributed by atoms with Gasteiger partial charge in [0.1, 0.15) is 5.82 Å². The van der Waals surface area contributed by atoms with Gasteiger partial charge in [-0.15, -0.1) is 10.2 Å². The first-order valence-electron chi connectivity index (χ1n) is 7.49. The Labute approximate surface area is 140 Å². The fourth-order valence-electron chi connectivity index (χ4n) is 2.53. The van der Waals surface area contributed by atoms with Crippen molar-refractivity contribution in [3.8, 4) is 0 Å². The molecule has 2 heterocycles. The topological polar surface area (TPSA) is 111 Å². The summed E-state index contributed by atoms with van der Waals surface area (Å²) in [6.07, 6.45) is 0.512. The van der Waals surface area contributed by atoms with Gasteiger partial charge in [0.05, 0.1) is 17.3 Å². The molecule has 1 aliphatic rings. The Morgan fingerprint density at radius 1 is 1.48 bits per heavy atom. The van der Waals surface area contributed by atoms with Gasteiger partial charge in [0.25, 0.3) is 0 Å². The molecule has 1 saturated heterocycles. The Morgan fingerprint density at radius 2 is 2.17 bits per heavy atom. The molecule has 0 bridgehead atoms. The third-order valence-corrected chi connectivity index (χ3v) is 6.37. The molecule has 8 nitrogen and oxygen atoms in total. The van der Waals surface area contributed by atoms with Gasteiger partial charge in [0.15, 0.2) is 9.84 Å². The second-order valence-corrected chi connectivity index (χ2v) is 9.36. The maximum atomic E-state index is 12.6. The van der Waals surface area contributed by atoms with Crippen molar-refractivity contribution in [1.29, 1.82) is 0 Å². The average Bonchev–Trinajstić information content (AvgIpc) is 2.97. The van der Waals surface area contributed by atoms with Gasteiger partial charge < -0.3 is 10.7 Å². The fourth-order valence-corrected chi connectivity index (χ4v) is 5.05. The Bertz CT molecular complexity index is 671. The first kappa shape index (κ1) is 18.1. The van der Waals surface area contributed by atoms with Gasteiger partial charge in [0, 0.05) is 12.6 Å². The van der Waals surface area contributed by atoms with E-state index in [1.165, 1.54) is 16.4 Å². The van der Waals surface area contributed by atoms with Gasteiger partial charge in [-0.05, 0) is 19.3 Å². The number of rotatable bonds is 6. The van der Waals surface area contributed by atoms with E-state index < -0.39 is 9.84 Å². The zero-order valence-electron chi connectivity index (χ0n) is 13.6. The van der Waals surface area contributed by atoms with Gasteiger partial charge in [0.2, 0.25) is 11.1 Å². The van der Waals surface area contributed by atoms with Crippen molar-refractivity contribution in [2.45, 2.75) is 38.4 Å². The van der Waals surface area contributed by atoms with Crippen LogP contribution in [-0.4, -0.2) is 63.9 Å². The minimum atomic E-state index is -3.03. The van der Waals surface area contributed by atoms with Crippen molar-refractivity contribution in [3.63, 3.8) is 0 Å². The molecule has 2 rings (SSSR count). The number of carbonyl (C=O) groups excluding carboxylic acids is 1. The first-order chi connectivity index (χ1) is 10.7. The number of nitrogens with two attached hydrogens (primary N) is 1. The molecule has 0 aromatic carbocycles. The molecule has 1 unspecified atom stereocenters. The lowest BCUT2D eigenvalue weighted by molar-refractivity contribution is -0.130. The zero-order chi connectivity index (χ0) is 17.2. The molecule has 23 heavy (non-hydrogen) atoms. The summed E-state index contributed by atoms with van der Waals surface area (Å²) in [5, 5.41) is 8.23. The summed E-state index contributed by atoms with van der Waals surface area (Å²) in [6.45, 7) is 6.30. The lowest BCUT2D eigenvalue weighted by Gasteiger charge is -2.29. The molecule has 1 aromatic heterocycles. The van der Waals surface area contributed by atoms with Crippen molar-refractivity contribution < 1.29 is 13.2 Å². The highest BCUT2D eigenvalue weighted by molar-refractivity contribution is 7.99. The smallest absolute Gasteiger partial charge is 0.233 e. The molecule has 1 aromatic rings. The van der Waals surface area contributed by atoms with Crippen LogP contribution in [0.1, 0.15) is 26.1 Å². The Morgan fingerprint density at radius 3 is 2.65 bits per heavy atom. The Kier molecular flexibility index (Phi) is 5.56. The lowest BCUT2D eigenvalue weighted by Crippen LogP contribution is -2.44. The number of carbonyl (C=O) groups is 1. The molecule has 1 fully saturated rings. The van der Waals surface area contributed by atoms with Crippen molar-refractivity contribution in [2.75, 3.05) is 29.6 Å². The van der Waals surface area contributed by atoms with Gasteiger partial charge >= 0.3 is 0 Å². The van der Waals surface area contributed by atoms with Crippen LogP contribution < -0.4 is 5.84 Å². The number of hydrogen-bond acceptors (Lipinski definition) is 7. The summed E-state index contributed by atoms with van der Waals surface area (Å²) < 4.78 is 24.7. The Balaban J connectivity index is 2.03. The van der Waals surface area contributed by atoms with Crippen LogP contribution >= 0.6 is 11.8 Å². The number of hydrogen-bond donors (Lipinski definition) is 1. The molecule has 2 N–H and O–H groups in total. The van der Waals surface area contributed by atoms with Crippen molar-refractivity contribution in [3.05, 3.63) is 5.82 Å². The van der Waals surface area contributed by atoms with Crippen LogP contribution in [0.4, 0.5) is 0 Å². The van der Waals surface area contributed by atoms with E-state index in [2.05, 4.69) is 10.2 Å². The summed E-state index contributed by atoms with van der Waals surface area (Å²) in [4.78, 5) is 14.3. The third-order valence-electron chi connectivity index (χ3n) is 3.69. The van der Waals surface area contributed by atoms with E-state index in [-0.39, 0.29) is 35.1 Å². The number of nitrogens with zero attached hydrogens (tertiary/aromatic N) is 4. The van der Waals surface area contributed by atoms with Gasteiger partial charge in [-0.3, -0.25) is 4.79 Å². The van der Waals surface area contributed by atoms with E-state index in [1.807, 2.05) is 13.8 Å². The Hall–Kier alpha value is -1.29. The van der Waals surface area contributed by atoms with Crippen LogP contribution in [0.15, 0.2) is 5.16 Å². The molecule has 1 amide bonds. The normalized spacial score (nSPS) is 20.1. The molecule has 130 valence electrons. The van der Waals surface area contributed by atoms with E-state index in [4.69, 9.17) is 5.84 Å². The average molecular weight is 361 g/mol. The highest BCUT2D eigenvalue weighted by Gasteiger charge is 2.34. The summed E-state index contributed by atoms with van der Waals surface area (Å²) in [5.41, 5.74) is 0. The van der Waals surface area contributed by atoms with Crippen LogP contribution in [0.2, 0.25) is 0 Å². The monoisotopic (exact) mass is 361 g/mol. The summed E-state index contributed by atoms with van der Waals surface area (Å²) >= 11 is 1.21. The van der Waals surface area contributed by atoms with Crippen molar-refractivity contribution in [2.24, 2.45) is 5.92 Å². The minimum Gasteiger partial charge on any atom is -0.338 e. The van der Waals surface area contributed by atoms with Gasteiger partial charge in [-0.2, -0.15) is 0 Å². The molecule has 0 aliphatic carbocycles. The molecule has 1 aliphatic heterocycles. The third kappa shape index (κ3) is 4.60. The van der Waals surface area contributed by atoms with E-state index in [9.17, 15) is 13.2 Å². The zero-order valence-corrected chi connectivity index (χ0v) is 15.2. The highest BCUT2D eigenvalue weighted by Crippen LogP contribution is 2.22. The maximum Gasteiger partial charge on any atom is 0.233 e. The van der Waals surface area contributed by atoms with E-state index >= 15 is 0 Å². The van der Waals surface area contributed by atoms with E-state index in [0.717, 1.165) is 0 Å². The molecular formula is C13H23N5O3S2. The second-order valence-electron chi connectivity index (χ2n) is 6.19. The van der Waals surface area contributed by atoms with Crippen molar-refractivity contribution in [1.82, 2.24) is 19.8 Å². The number of amides is 1. The summed E-state index contributed by atoms with van der Waals surface area (Å²) in [5.74, 6) is 6.90. The molecule has 10 heteroatoms. The molecule has 0 saturated carbocycles. The first-order valence-corrected chi connectivity index (χ1v) is 10.3. The predicted octanol–water partition coefficient (Wildman–Crippen LogP) is 0.0641. The standard InChI is InChI=1S/C13H23N5O3S2/c1-9(2)6-17(11-4-5-23(20,21)8-11)12(19)7-22-13-16-15-10(3)18(13)14/h9,11H,4-8,14H2,1-3H3. The number of aromatic nitrogens is 3.